The van der Waals surface area contributed by atoms with Crippen LogP contribution >= 0.6 is 0 Å². The first kappa shape index (κ1) is 20.3. The van der Waals surface area contributed by atoms with Gasteiger partial charge in [-0.05, 0) is 52.4 Å². The van der Waals surface area contributed by atoms with E-state index in [1.807, 2.05) is 28.9 Å². The Balaban J connectivity index is 1.43. The lowest BCUT2D eigenvalue weighted by Gasteiger charge is -2.39. The zero-order valence-corrected chi connectivity index (χ0v) is 18.0. The van der Waals surface area contributed by atoms with Gasteiger partial charge in [-0.2, -0.15) is 0 Å². The summed E-state index contributed by atoms with van der Waals surface area (Å²) in [4.78, 5) is 4.87. The molecule has 32 heavy (non-hydrogen) atoms. The van der Waals surface area contributed by atoms with Crippen LogP contribution in [0.5, 0.6) is 5.75 Å². The largest absolute Gasteiger partial charge is 0.497 e. The molecule has 1 aliphatic heterocycles. The summed E-state index contributed by atoms with van der Waals surface area (Å²) in [5, 5.41) is 12.7. The van der Waals surface area contributed by atoms with Crippen LogP contribution < -0.4 is 9.64 Å². The van der Waals surface area contributed by atoms with E-state index in [4.69, 9.17) is 9.15 Å². The Kier molecular flexibility index (Phi) is 5.85. The number of hydrogen-bond donors (Lipinski definition) is 0. The van der Waals surface area contributed by atoms with Crippen molar-refractivity contribution in [3.05, 3.63) is 90.1 Å². The monoisotopic (exact) mass is 430 g/mol. The minimum Gasteiger partial charge on any atom is -0.497 e. The van der Waals surface area contributed by atoms with Gasteiger partial charge >= 0.3 is 0 Å². The van der Waals surface area contributed by atoms with E-state index in [9.17, 15) is 0 Å². The lowest BCUT2D eigenvalue weighted by Crippen LogP contribution is -2.48. The van der Waals surface area contributed by atoms with Crippen LogP contribution in [0.25, 0.3) is 0 Å². The van der Waals surface area contributed by atoms with Gasteiger partial charge in [0.2, 0.25) is 0 Å². The summed E-state index contributed by atoms with van der Waals surface area (Å²) in [6, 6.07) is 22.5. The highest BCUT2D eigenvalue weighted by atomic mass is 16.5. The molecule has 0 saturated carbocycles. The molecule has 8 heteroatoms. The zero-order chi connectivity index (χ0) is 21.8. The fraction of sp³-hybridized carbons (Fsp3) is 0.292. The SMILES string of the molecule is COc1ccc(C(c2nnnn2Cc2ccco2)N2CCN(c3ccccc3)CC2)cc1. The maximum atomic E-state index is 5.53. The van der Waals surface area contributed by atoms with Gasteiger partial charge < -0.3 is 14.1 Å². The Morgan fingerprint density at radius 3 is 2.41 bits per heavy atom. The summed E-state index contributed by atoms with van der Waals surface area (Å²) < 4.78 is 12.7. The quantitative estimate of drug-likeness (QED) is 0.446. The van der Waals surface area contributed by atoms with Gasteiger partial charge in [-0.3, -0.25) is 4.90 Å². The average Bonchev–Trinajstić information content (AvgIpc) is 3.54. The summed E-state index contributed by atoms with van der Waals surface area (Å²) in [5.41, 5.74) is 2.39. The molecule has 2 aromatic heterocycles. The normalized spacial score (nSPS) is 15.6. The average molecular weight is 431 g/mol. The van der Waals surface area contributed by atoms with Crippen LogP contribution in [-0.4, -0.2) is 58.4 Å². The highest BCUT2D eigenvalue weighted by Crippen LogP contribution is 2.30. The molecule has 0 aliphatic carbocycles. The second-order valence-electron chi connectivity index (χ2n) is 7.81. The van der Waals surface area contributed by atoms with Gasteiger partial charge in [0.15, 0.2) is 5.82 Å². The number of benzene rings is 2. The number of furan rings is 1. The van der Waals surface area contributed by atoms with Crippen LogP contribution in [0, 0.1) is 0 Å². The predicted molar refractivity (Wildman–Crippen MR) is 121 cm³/mol. The van der Waals surface area contributed by atoms with Gasteiger partial charge in [-0.15, -0.1) is 5.10 Å². The van der Waals surface area contributed by atoms with Gasteiger partial charge in [-0.25, -0.2) is 4.68 Å². The van der Waals surface area contributed by atoms with Crippen LogP contribution in [0.1, 0.15) is 23.2 Å². The number of methoxy groups -OCH3 is 1. The molecule has 0 spiro atoms. The molecule has 1 aliphatic rings. The summed E-state index contributed by atoms with van der Waals surface area (Å²) in [5.74, 6) is 2.46. The third kappa shape index (κ3) is 4.22. The van der Waals surface area contributed by atoms with E-state index in [1.54, 1.807) is 13.4 Å². The lowest BCUT2D eigenvalue weighted by molar-refractivity contribution is 0.200. The fourth-order valence-corrected chi connectivity index (χ4v) is 4.26. The molecule has 2 aromatic carbocycles. The topological polar surface area (TPSA) is 72.4 Å². The molecule has 0 amide bonds. The molecule has 1 atom stereocenters. The number of piperazine rings is 1. The van der Waals surface area contributed by atoms with E-state index >= 15 is 0 Å². The van der Waals surface area contributed by atoms with Gasteiger partial charge in [0.05, 0.1) is 19.4 Å². The van der Waals surface area contributed by atoms with Crippen LogP contribution in [0.15, 0.2) is 77.4 Å². The molecular formula is C24H26N6O2. The summed E-state index contributed by atoms with van der Waals surface area (Å²) in [6.45, 7) is 4.18. The van der Waals surface area contributed by atoms with Crippen LogP contribution in [0.4, 0.5) is 5.69 Å². The molecule has 0 bridgehead atoms. The number of tetrazole rings is 1. The molecule has 1 fully saturated rings. The number of ether oxygens (including phenoxy) is 1. The van der Waals surface area contributed by atoms with E-state index in [0.29, 0.717) is 6.54 Å². The second kappa shape index (κ2) is 9.23. The molecule has 0 radical (unpaired) electrons. The summed E-state index contributed by atoms with van der Waals surface area (Å²) in [7, 11) is 1.68. The lowest BCUT2D eigenvalue weighted by atomic mass is 10.0. The Hall–Kier alpha value is -3.65. The highest BCUT2D eigenvalue weighted by Gasteiger charge is 2.31. The predicted octanol–water partition coefficient (Wildman–Crippen LogP) is 3.23. The van der Waals surface area contributed by atoms with E-state index in [2.05, 4.69) is 67.8 Å². The second-order valence-corrected chi connectivity index (χ2v) is 7.81. The summed E-state index contributed by atoms with van der Waals surface area (Å²) >= 11 is 0. The van der Waals surface area contributed by atoms with Gasteiger partial charge in [0, 0.05) is 31.9 Å². The van der Waals surface area contributed by atoms with Crippen LogP contribution in [-0.2, 0) is 6.54 Å². The maximum Gasteiger partial charge on any atom is 0.173 e. The standard InChI is InChI=1S/C24H26N6O2/c1-31-21-11-9-19(10-12-21)23(24-25-26-27-30(24)18-22-8-5-17-32-22)29-15-13-28(14-16-29)20-6-3-2-4-7-20/h2-12,17,23H,13-16,18H2,1H3. The number of para-hydroxylation sites is 1. The van der Waals surface area contributed by atoms with Crippen molar-refractivity contribution in [3.63, 3.8) is 0 Å². The number of anilines is 1. The molecule has 0 N–H and O–H groups in total. The molecule has 164 valence electrons. The van der Waals surface area contributed by atoms with Crippen LogP contribution in [0.2, 0.25) is 0 Å². The van der Waals surface area contributed by atoms with Gasteiger partial charge in [0.1, 0.15) is 18.1 Å². The van der Waals surface area contributed by atoms with Crippen molar-refractivity contribution in [1.29, 1.82) is 0 Å². The van der Waals surface area contributed by atoms with Crippen molar-refractivity contribution in [2.75, 3.05) is 38.2 Å². The molecule has 1 saturated heterocycles. The van der Waals surface area contributed by atoms with E-state index in [1.165, 1.54) is 5.69 Å². The van der Waals surface area contributed by atoms with Crippen molar-refractivity contribution in [1.82, 2.24) is 25.1 Å². The van der Waals surface area contributed by atoms with E-state index < -0.39 is 0 Å². The number of rotatable bonds is 7. The Morgan fingerprint density at radius 1 is 0.938 bits per heavy atom. The minimum absolute atomic E-state index is 0.0659. The smallest absolute Gasteiger partial charge is 0.173 e. The molecule has 8 nitrogen and oxygen atoms in total. The Morgan fingerprint density at radius 2 is 1.72 bits per heavy atom. The first-order valence-electron chi connectivity index (χ1n) is 10.8. The van der Waals surface area contributed by atoms with Crippen molar-refractivity contribution in [2.45, 2.75) is 12.6 Å². The highest BCUT2D eigenvalue weighted by molar-refractivity contribution is 5.46. The third-order valence-corrected chi connectivity index (χ3v) is 5.92. The van der Waals surface area contributed by atoms with Crippen molar-refractivity contribution in [3.8, 4) is 5.75 Å². The van der Waals surface area contributed by atoms with Crippen LogP contribution in [0.3, 0.4) is 0 Å². The van der Waals surface area contributed by atoms with E-state index in [-0.39, 0.29) is 6.04 Å². The van der Waals surface area contributed by atoms with Crippen molar-refractivity contribution < 1.29 is 9.15 Å². The number of hydrogen-bond acceptors (Lipinski definition) is 7. The maximum absolute atomic E-state index is 5.53. The van der Waals surface area contributed by atoms with Crippen molar-refractivity contribution in [2.24, 2.45) is 0 Å². The zero-order valence-electron chi connectivity index (χ0n) is 18.0. The Labute approximate surface area is 187 Å². The van der Waals surface area contributed by atoms with Crippen molar-refractivity contribution >= 4 is 5.69 Å². The van der Waals surface area contributed by atoms with Gasteiger partial charge in [-0.1, -0.05) is 30.3 Å². The molecule has 4 aromatic rings. The fourth-order valence-electron chi connectivity index (χ4n) is 4.26. The molecular weight excluding hydrogens is 404 g/mol. The van der Waals surface area contributed by atoms with E-state index in [0.717, 1.165) is 49.1 Å². The first-order valence-corrected chi connectivity index (χ1v) is 10.8. The molecule has 1 unspecified atom stereocenters. The first-order chi connectivity index (χ1) is 15.8. The van der Waals surface area contributed by atoms with Gasteiger partial charge in [0.25, 0.3) is 0 Å². The number of nitrogens with zero attached hydrogens (tertiary/aromatic N) is 6. The summed E-state index contributed by atoms with van der Waals surface area (Å²) in [6.07, 6.45) is 1.67. The number of aromatic nitrogens is 4. The third-order valence-electron chi connectivity index (χ3n) is 5.92. The molecule has 5 rings (SSSR count). The Bertz CT molecular complexity index is 1100. The minimum atomic E-state index is -0.0659. The molecule has 3 heterocycles.